The van der Waals surface area contributed by atoms with Crippen LogP contribution < -0.4 is 5.32 Å². The summed E-state index contributed by atoms with van der Waals surface area (Å²) in [7, 11) is 0. The fourth-order valence-electron chi connectivity index (χ4n) is 2.41. The molecular formula is C16H17FN6O. The van der Waals surface area contributed by atoms with Crippen molar-refractivity contribution < 1.29 is 9.18 Å². The number of aryl methyl sites for hydroxylation is 1. The zero-order valence-corrected chi connectivity index (χ0v) is 13.4. The van der Waals surface area contributed by atoms with E-state index < -0.39 is 0 Å². The summed E-state index contributed by atoms with van der Waals surface area (Å²) in [6.45, 7) is 4.85. The van der Waals surface area contributed by atoms with Crippen molar-refractivity contribution in [2.24, 2.45) is 0 Å². The highest BCUT2D eigenvalue weighted by Crippen LogP contribution is 2.10. The first-order chi connectivity index (χ1) is 11.6. The fraction of sp³-hybridized carbons (Fsp3) is 0.250. The predicted molar refractivity (Wildman–Crippen MR) is 86.1 cm³/mol. The minimum Gasteiger partial charge on any atom is -0.289 e. The van der Waals surface area contributed by atoms with Crippen molar-refractivity contribution >= 4 is 11.9 Å². The van der Waals surface area contributed by atoms with Gasteiger partial charge >= 0.3 is 0 Å². The summed E-state index contributed by atoms with van der Waals surface area (Å²) in [4.78, 5) is 16.3. The summed E-state index contributed by atoms with van der Waals surface area (Å²) in [5.41, 5.74) is 2.03. The molecule has 1 aromatic carbocycles. The van der Waals surface area contributed by atoms with E-state index in [0.717, 1.165) is 11.3 Å². The fourth-order valence-corrected chi connectivity index (χ4v) is 2.41. The van der Waals surface area contributed by atoms with Crippen LogP contribution in [0.15, 0.2) is 36.8 Å². The third-order valence-electron chi connectivity index (χ3n) is 3.64. The van der Waals surface area contributed by atoms with Crippen molar-refractivity contribution in [3.05, 3.63) is 59.4 Å². The van der Waals surface area contributed by atoms with E-state index in [1.807, 2.05) is 13.8 Å². The quantitative estimate of drug-likeness (QED) is 0.779. The lowest BCUT2D eigenvalue weighted by atomic mass is 10.2. The standard InChI is InChI=1S/C16H17FN6O/c1-3-23-11(2)14(8-19-23)15(24)20-16-18-10-22(21-16)9-12-5-4-6-13(17)7-12/h4-8,10H,3,9H2,1-2H3,(H,20,21,24). The second-order valence-corrected chi connectivity index (χ2v) is 5.31. The smallest absolute Gasteiger partial charge is 0.261 e. The number of benzene rings is 1. The second-order valence-electron chi connectivity index (χ2n) is 5.31. The van der Waals surface area contributed by atoms with Crippen LogP contribution in [0.4, 0.5) is 10.3 Å². The molecule has 0 aliphatic heterocycles. The van der Waals surface area contributed by atoms with Crippen LogP contribution in [0.3, 0.4) is 0 Å². The highest BCUT2D eigenvalue weighted by atomic mass is 19.1. The zero-order chi connectivity index (χ0) is 17.1. The Morgan fingerprint density at radius 1 is 1.38 bits per heavy atom. The molecule has 24 heavy (non-hydrogen) atoms. The van der Waals surface area contributed by atoms with Crippen LogP contribution in [0.25, 0.3) is 0 Å². The van der Waals surface area contributed by atoms with E-state index in [4.69, 9.17) is 0 Å². The SMILES string of the molecule is CCn1ncc(C(=O)Nc2ncn(Cc3cccc(F)c3)n2)c1C. The Morgan fingerprint density at radius 3 is 2.92 bits per heavy atom. The molecule has 0 fully saturated rings. The third kappa shape index (κ3) is 3.32. The van der Waals surface area contributed by atoms with Gasteiger partial charge in [0.15, 0.2) is 0 Å². The molecular weight excluding hydrogens is 311 g/mol. The molecule has 0 aliphatic carbocycles. The summed E-state index contributed by atoms with van der Waals surface area (Å²) < 4.78 is 16.5. The van der Waals surface area contributed by atoms with E-state index >= 15 is 0 Å². The minimum atomic E-state index is -0.310. The van der Waals surface area contributed by atoms with Crippen molar-refractivity contribution in [1.82, 2.24) is 24.5 Å². The molecule has 3 rings (SSSR count). The van der Waals surface area contributed by atoms with Gasteiger partial charge in [-0.15, -0.1) is 5.10 Å². The van der Waals surface area contributed by atoms with Gasteiger partial charge in [-0.05, 0) is 31.5 Å². The van der Waals surface area contributed by atoms with Crippen molar-refractivity contribution in [2.75, 3.05) is 5.32 Å². The second kappa shape index (κ2) is 6.61. The summed E-state index contributed by atoms with van der Waals surface area (Å²) >= 11 is 0. The van der Waals surface area contributed by atoms with Crippen LogP contribution in [0.5, 0.6) is 0 Å². The Balaban J connectivity index is 1.69. The van der Waals surface area contributed by atoms with Crippen LogP contribution in [0.2, 0.25) is 0 Å². The van der Waals surface area contributed by atoms with Crippen LogP contribution in [0.1, 0.15) is 28.5 Å². The summed E-state index contributed by atoms with van der Waals surface area (Å²) in [6, 6.07) is 6.25. The Bertz CT molecular complexity index is 869. The van der Waals surface area contributed by atoms with E-state index in [1.54, 1.807) is 16.8 Å². The monoisotopic (exact) mass is 328 g/mol. The molecule has 2 heterocycles. The molecule has 0 atom stereocenters. The number of rotatable bonds is 5. The van der Waals surface area contributed by atoms with Gasteiger partial charge in [-0.2, -0.15) is 5.10 Å². The molecule has 0 saturated heterocycles. The summed E-state index contributed by atoms with van der Waals surface area (Å²) in [5.74, 6) is -0.416. The summed E-state index contributed by atoms with van der Waals surface area (Å²) in [5, 5.41) is 11.0. The molecule has 0 spiro atoms. The van der Waals surface area contributed by atoms with Crippen molar-refractivity contribution in [1.29, 1.82) is 0 Å². The number of carbonyl (C=O) groups excluding carboxylic acids is 1. The number of nitrogens with one attached hydrogen (secondary N) is 1. The molecule has 124 valence electrons. The molecule has 2 aromatic heterocycles. The lowest BCUT2D eigenvalue weighted by molar-refractivity contribution is 0.102. The van der Waals surface area contributed by atoms with Crippen molar-refractivity contribution in [3.8, 4) is 0 Å². The van der Waals surface area contributed by atoms with Crippen LogP contribution >= 0.6 is 0 Å². The van der Waals surface area contributed by atoms with Gasteiger partial charge in [0, 0.05) is 12.2 Å². The van der Waals surface area contributed by atoms with Crippen LogP contribution in [0, 0.1) is 12.7 Å². The van der Waals surface area contributed by atoms with Gasteiger partial charge in [0.05, 0.1) is 18.3 Å². The third-order valence-corrected chi connectivity index (χ3v) is 3.64. The number of nitrogens with zero attached hydrogens (tertiary/aromatic N) is 5. The number of halogens is 1. The number of anilines is 1. The van der Waals surface area contributed by atoms with Gasteiger partial charge in [0.2, 0.25) is 5.95 Å². The maximum atomic E-state index is 13.2. The first kappa shape index (κ1) is 15.9. The molecule has 0 saturated carbocycles. The van der Waals surface area contributed by atoms with Gasteiger partial charge in [0.25, 0.3) is 5.91 Å². The molecule has 3 aromatic rings. The van der Waals surface area contributed by atoms with E-state index in [2.05, 4.69) is 20.5 Å². The first-order valence-electron chi connectivity index (χ1n) is 7.54. The Labute approximate surface area is 138 Å². The average molecular weight is 328 g/mol. The van der Waals surface area contributed by atoms with Crippen molar-refractivity contribution in [2.45, 2.75) is 26.9 Å². The molecule has 0 aliphatic rings. The number of hydrogen-bond donors (Lipinski definition) is 1. The molecule has 1 amide bonds. The maximum Gasteiger partial charge on any atom is 0.261 e. The molecule has 0 unspecified atom stereocenters. The maximum absolute atomic E-state index is 13.2. The first-order valence-corrected chi connectivity index (χ1v) is 7.54. The Kier molecular flexibility index (Phi) is 4.37. The normalized spacial score (nSPS) is 10.8. The number of aromatic nitrogens is 5. The number of amides is 1. The van der Waals surface area contributed by atoms with Gasteiger partial charge < -0.3 is 0 Å². The highest BCUT2D eigenvalue weighted by Gasteiger charge is 2.15. The highest BCUT2D eigenvalue weighted by molar-refractivity contribution is 6.03. The Hall–Kier alpha value is -3.03. The minimum absolute atomic E-state index is 0.194. The molecule has 0 radical (unpaired) electrons. The lowest BCUT2D eigenvalue weighted by Crippen LogP contribution is -2.14. The number of hydrogen-bond acceptors (Lipinski definition) is 4. The zero-order valence-electron chi connectivity index (χ0n) is 13.4. The predicted octanol–water partition coefficient (Wildman–Crippen LogP) is 2.24. The van der Waals surface area contributed by atoms with E-state index in [1.165, 1.54) is 29.3 Å². The largest absolute Gasteiger partial charge is 0.289 e. The van der Waals surface area contributed by atoms with E-state index in [0.29, 0.717) is 18.7 Å². The lowest BCUT2D eigenvalue weighted by Gasteiger charge is -2.02. The average Bonchev–Trinajstić information content (AvgIpc) is 3.13. The van der Waals surface area contributed by atoms with E-state index in [9.17, 15) is 9.18 Å². The topological polar surface area (TPSA) is 77.6 Å². The van der Waals surface area contributed by atoms with Gasteiger partial charge in [-0.3, -0.25) is 14.8 Å². The molecule has 1 N–H and O–H groups in total. The molecule has 0 bridgehead atoms. The van der Waals surface area contributed by atoms with Crippen LogP contribution in [-0.2, 0) is 13.1 Å². The van der Waals surface area contributed by atoms with Gasteiger partial charge in [0.1, 0.15) is 12.1 Å². The molecule has 8 heteroatoms. The van der Waals surface area contributed by atoms with Crippen molar-refractivity contribution in [3.63, 3.8) is 0 Å². The van der Waals surface area contributed by atoms with Gasteiger partial charge in [-0.1, -0.05) is 12.1 Å². The summed E-state index contributed by atoms with van der Waals surface area (Å²) in [6.07, 6.45) is 3.01. The van der Waals surface area contributed by atoms with Crippen LogP contribution in [-0.4, -0.2) is 30.5 Å². The Morgan fingerprint density at radius 2 is 2.21 bits per heavy atom. The number of carbonyl (C=O) groups is 1. The molecule has 7 nitrogen and oxygen atoms in total. The van der Waals surface area contributed by atoms with Gasteiger partial charge in [-0.25, -0.2) is 14.1 Å². The van der Waals surface area contributed by atoms with E-state index in [-0.39, 0.29) is 17.7 Å².